The van der Waals surface area contributed by atoms with Crippen LogP contribution in [-0.2, 0) is 0 Å². The second-order valence-corrected chi connectivity index (χ2v) is 3.64. The maximum Gasteiger partial charge on any atom is 0.250 e. The molecule has 15 heavy (non-hydrogen) atoms. The molecule has 1 heterocycles. The average molecular weight is 209 g/mol. The summed E-state index contributed by atoms with van der Waals surface area (Å²) in [6, 6.07) is 3.41. The van der Waals surface area contributed by atoms with Crippen LogP contribution in [0.15, 0.2) is 16.9 Å². The molecule has 1 aliphatic rings. The van der Waals surface area contributed by atoms with Gasteiger partial charge in [0.1, 0.15) is 0 Å². The van der Waals surface area contributed by atoms with E-state index in [0.717, 1.165) is 12.2 Å². The Morgan fingerprint density at radius 3 is 2.60 bits per heavy atom. The van der Waals surface area contributed by atoms with Crippen molar-refractivity contribution in [1.29, 1.82) is 0 Å². The number of hydrogen-bond acceptors (Lipinski definition) is 2. The molecule has 2 rings (SSSR count). The van der Waals surface area contributed by atoms with Crippen LogP contribution >= 0.6 is 0 Å². The average Bonchev–Trinajstić information content (AvgIpc) is 3.00. The highest BCUT2D eigenvalue weighted by Gasteiger charge is 2.21. The highest BCUT2D eigenvalue weighted by molar-refractivity contribution is 5.18. The molecule has 1 aliphatic carbocycles. The summed E-state index contributed by atoms with van der Waals surface area (Å²) < 4.78 is 5.44. The molecule has 1 aromatic heterocycles. The van der Waals surface area contributed by atoms with Crippen molar-refractivity contribution in [2.24, 2.45) is 5.92 Å². The molecule has 3 heteroatoms. The third-order valence-electron chi connectivity index (χ3n) is 2.14. The van der Waals surface area contributed by atoms with Crippen molar-refractivity contribution >= 4 is 0 Å². The fourth-order valence-corrected chi connectivity index (χ4v) is 1.22. The van der Waals surface area contributed by atoms with Gasteiger partial charge in [-0.25, -0.2) is 0 Å². The minimum atomic E-state index is -0.0919. The summed E-state index contributed by atoms with van der Waals surface area (Å²) in [7, 11) is 0. The number of nitrogens with one attached hydrogen (secondary N) is 1. The molecule has 0 bridgehead atoms. The molecule has 1 aromatic rings. The fraction of sp³-hybridized carbons (Fsp3) is 0.583. The van der Waals surface area contributed by atoms with Crippen molar-refractivity contribution in [3.05, 3.63) is 28.0 Å². The largest absolute Gasteiger partial charge is 0.479 e. The van der Waals surface area contributed by atoms with Gasteiger partial charge in [-0.05, 0) is 31.2 Å². The standard InChI is InChI=1S/C10H13NO2.C2H6/c1-7-4-9(12)11-10(5-7)13-6-8-2-3-8;1-2/h4-5,8H,2-3,6H2,1H3,(H,11,12);1-2H3. The molecule has 0 unspecified atom stereocenters. The molecular weight excluding hydrogens is 190 g/mol. The predicted molar refractivity (Wildman–Crippen MR) is 61.4 cm³/mol. The maximum atomic E-state index is 11.0. The van der Waals surface area contributed by atoms with Crippen molar-refractivity contribution in [2.45, 2.75) is 33.6 Å². The Labute approximate surface area is 90.5 Å². The van der Waals surface area contributed by atoms with E-state index in [-0.39, 0.29) is 5.56 Å². The van der Waals surface area contributed by atoms with Gasteiger partial charge in [-0.15, -0.1) is 0 Å². The third kappa shape index (κ3) is 4.19. The lowest BCUT2D eigenvalue weighted by Crippen LogP contribution is -2.09. The zero-order valence-corrected chi connectivity index (χ0v) is 9.67. The first kappa shape index (κ1) is 11.8. The predicted octanol–water partition coefficient (Wildman–Crippen LogP) is 2.50. The van der Waals surface area contributed by atoms with Crippen molar-refractivity contribution in [1.82, 2.24) is 4.98 Å². The van der Waals surface area contributed by atoms with Crippen molar-refractivity contribution < 1.29 is 4.74 Å². The second kappa shape index (κ2) is 5.59. The Kier molecular flexibility index (Phi) is 4.40. The summed E-state index contributed by atoms with van der Waals surface area (Å²) in [4.78, 5) is 13.7. The molecule has 1 N–H and O–H groups in total. The molecule has 1 saturated carbocycles. The van der Waals surface area contributed by atoms with Gasteiger partial charge in [-0.1, -0.05) is 13.8 Å². The van der Waals surface area contributed by atoms with E-state index in [1.54, 1.807) is 6.07 Å². The van der Waals surface area contributed by atoms with Gasteiger partial charge in [-0.3, -0.25) is 9.78 Å². The Morgan fingerprint density at radius 1 is 1.40 bits per heavy atom. The Morgan fingerprint density at radius 2 is 2.07 bits per heavy atom. The Bertz CT molecular complexity index is 353. The molecule has 0 aromatic carbocycles. The quantitative estimate of drug-likeness (QED) is 0.831. The van der Waals surface area contributed by atoms with Crippen molar-refractivity contribution in [3.63, 3.8) is 0 Å². The SMILES string of the molecule is CC.Cc1cc(OCC2CC2)[nH]c(=O)c1. The van der Waals surface area contributed by atoms with Gasteiger partial charge in [-0.2, -0.15) is 0 Å². The van der Waals surface area contributed by atoms with E-state index in [1.165, 1.54) is 12.8 Å². The van der Waals surface area contributed by atoms with Crippen LogP contribution in [0.2, 0.25) is 0 Å². The van der Waals surface area contributed by atoms with Crippen LogP contribution in [0.3, 0.4) is 0 Å². The van der Waals surface area contributed by atoms with Crippen LogP contribution in [-0.4, -0.2) is 11.6 Å². The van der Waals surface area contributed by atoms with Crippen molar-refractivity contribution in [3.8, 4) is 5.88 Å². The number of aromatic amines is 1. The number of rotatable bonds is 3. The first-order valence-electron chi connectivity index (χ1n) is 5.58. The van der Waals surface area contributed by atoms with E-state index in [0.29, 0.717) is 11.8 Å². The van der Waals surface area contributed by atoms with Crippen LogP contribution < -0.4 is 10.3 Å². The van der Waals surface area contributed by atoms with Crippen LogP contribution in [0.1, 0.15) is 32.3 Å². The summed E-state index contributed by atoms with van der Waals surface area (Å²) in [5.74, 6) is 1.31. The summed E-state index contributed by atoms with van der Waals surface area (Å²) >= 11 is 0. The minimum absolute atomic E-state index is 0.0919. The highest BCUT2D eigenvalue weighted by Crippen LogP contribution is 2.29. The zero-order valence-electron chi connectivity index (χ0n) is 9.67. The van der Waals surface area contributed by atoms with Crippen LogP contribution in [0.25, 0.3) is 0 Å². The molecule has 0 saturated heterocycles. The number of H-pyrrole nitrogens is 1. The van der Waals surface area contributed by atoms with E-state index >= 15 is 0 Å². The van der Waals surface area contributed by atoms with Crippen LogP contribution in [0.5, 0.6) is 5.88 Å². The van der Waals surface area contributed by atoms with Gasteiger partial charge in [0.05, 0.1) is 6.61 Å². The monoisotopic (exact) mass is 209 g/mol. The minimum Gasteiger partial charge on any atom is -0.479 e. The van der Waals surface area contributed by atoms with E-state index in [9.17, 15) is 4.79 Å². The summed E-state index contributed by atoms with van der Waals surface area (Å²) in [5, 5.41) is 0. The molecule has 0 aliphatic heterocycles. The number of pyridine rings is 1. The van der Waals surface area contributed by atoms with Crippen LogP contribution in [0.4, 0.5) is 0 Å². The van der Waals surface area contributed by atoms with Gasteiger partial charge in [0, 0.05) is 12.1 Å². The Balaban J connectivity index is 0.000000531. The number of aromatic nitrogens is 1. The molecule has 0 atom stereocenters. The first-order chi connectivity index (χ1) is 7.24. The number of aryl methyl sites for hydroxylation is 1. The summed E-state index contributed by atoms with van der Waals surface area (Å²) in [6.45, 7) is 6.62. The maximum absolute atomic E-state index is 11.0. The summed E-state index contributed by atoms with van der Waals surface area (Å²) in [5.41, 5.74) is 0.848. The fourth-order valence-electron chi connectivity index (χ4n) is 1.22. The summed E-state index contributed by atoms with van der Waals surface area (Å²) in [6.07, 6.45) is 2.52. The topological polar surface area (TPSA) is 42.1 Å². The lowest BCUT2D eigenvalue weighted by atomic mass is 10.3. The highest BCUT2D eigenvalue weighted by atomic mass is 16.5. The third-order valence-corrected chi connectivity index (χ3v) is 2.14. The molecule has 84 valence electrons. The van der Waals surface area contributed by atoms with Gasteiger partial charge in [0.2, 0.25) is 0 Å². The molecular formula is C12H19NO2. The molecule has 0 amide bonds. The smallest absolute Gasteiger partial charge is 0.250 e. The first-order valence-corrected chi connectivity index (χ1v) is 5.58. The number of hydrogen-bond donors (Lipinski definition) is 1. The zero-order chi connectivity index (χ0) is 11.3. The molecule has 3 nitrogen and oxygen atoms in total. The molecule has 0 radical (unpaired) electrons. The van der Waals surface area contributed by atoms with E-state index in [2.05, 4.69) is 4.98 Å². The van der Waals surface area contributed by atoms with Crippen molar-refractivity contribution in [2.75, 3.05) is 6.61 Å². The van der Waals surface area contributed by atoms with Gasteiger partial charge in [0.25, 0.3) is 5.56 Å². The molecule has 0 spiro atoms. The Hall–Kier alpha value is -1.25. The molecule has 1 fully saturated rings. The van der Waals surface area contributed by atoms with Crippen LogP contribution in [0, 0.1) is 12.8 Å². The van der Waals surface area contributed by atoms with Gasteiger partial charge in [0.15, 0.2) is 5.88 Å². The normalized spacial score (nSPS) is 14.1. The van der Waals surface area contributed by atoms with Gasteiger partial charge < -0.3 is 4.74 Å². The lowest BCUT2D eigenvalue weighted by molar-refractivity contribution is 0.287. The second-order valence-electron chi connectivity index (χ2n) is 3.64. The lowest BCUT2D eigenvalue weighted by Gasteiger charge is -2.04. The van der Waals surface area contributed by atoms with Gasteiger partial charge >= 0.3 is 0 Å². The van der Waals surface area contributed by atoms with E-state index in [1.807, 2.05) is 26.8 Å². The van der Waals surface area contributed by atoms with E-state index in [4.69, 9.17) is 4.74 Å². The van der Waals surface area contributed by atoms with E-state index < -0.39 is 0 Å². The number of ether oxygens (including phenoxy) is 1.